The summed E-state index contributed by atoms with van der Waals surface area (Å²) in [6.07, 6.45) is 3.00. The standard InChI is InChI=1S/C15H17F2N3O4/c1-2-23-12-7-9(3-6-11(12)24-15(16)17)8-18-20-14(22)13(21)19-10-4-5-10/h3,6-8,10,15H,2,4-5H2,1H3,(H,19,21)(H,20,22)/b18-8-. The molecule has 9 heteroatoms. The van der Waals surface area contributed by atoms with Crippen molar-refractivity contribution in [3.05, 3.63) is 23.8 Å². The molecule has 2 N–H and O–H groups in total. The third-order valence-corrected chi connectivity index (χ3v) is 2.98. The Labute approximate surface area is 137 Å². The average molecular weight is 341 g/mol. The maximum absolute atomic E-state index is 12.3. The number of hydrazone groups is 1. The van der Waals surface area contributed by atoms with E-state index in [-0.39, 0.29) is 24.1 Å². The lowest BCUT2D eigenvalue weighted by Crippen LogP contribution is -2.38. The van der Waals surface area contributed by atoms with Crippen LogP contribution in [0.2, 0.25) is 0 Å². The quantitative estimate of drug-likeness (QED) is 0.446. The van der Waals surface area contributed by atoms with E-state index < -0.39 is 18.4 Å². The number of carbonyl (C=O) groups is 2. The van der Waals surface area contributed by atoms with Crippen LogP contribution in [0.4, 0.5) is 8.78 Å². The van der Waals surface area contributed by atoms with Gasteiger partial charge in [0.2, 0.25) is 0 Å². The number of ether oxygens (including phenoxy) is 2. The summed E-state index contributed by atoms with van der Waals surface area (Å²) >= 11 is 0. The number of carbonyl (C=O) groups excluding carboxylic acids is 2. The molecule has 0 aromatic heterocycles. The number of benzene rings is 1. The van der Waals surface area contributed by atoms with Gasteiger partial charge in [-0.1, -0.05) is 0 Å². The Morgan fingerprint density at radius 1 is 1.33 bits per heavy atom. The van der Waals surface area contributed by atoms with Gasteiger partial charge in [-0.2, -0.15) is 13.9 Å². The van der Waals surface area contributed by atoms with Crippen molar-refractivity contribution in [3.8, 4) is 11.5 Å². The van der Waals surface area contributed by atoms with Crippen LogP contribution in [0, 0.1) is 0 Å². The van der Waals surface area contributed by atoms with Crippen LogP contribution in [-0.4, -0.2) is 37.3 Å². The summed E-state index contributed by atoms with van der Waals surface area (Å²) in [6.45, 7) is -1.00. The fourth-order valence-electron chi connectivity index (χ4n) is 1.76. The molecule has 1 aliphatic carbocycles. The molecule has 0 bridgehead atoms. The SMILES string of the molecule is CCOc1cc(/C=N\NC(=O)C(=O)NC2CC2)ccc1OC(F)F. The summed E-state index contributed by atoms with van der Waals surface area (Å²) in [5, 5.41) is 6.17. The van der Waals surface area contributed by atoms with E-state index >= 15 is 0 Å². The van der Waals surface area contributed by atoms with Crippen LogP contribution in [0.3, 0.4) is 0 Å². The lowest BCUT2D eigenvalue weighted by Gasteiger charge is -2.11. The van der Waals surface area contributed by atoms with Crippen LogP contribution in [-0.2, 0) is 9.59 Å². The molecule has 2 amide bonds. The molecular formula is C15H17F2N3O4. The van der Waals surface area contributed by atoms with E-state index in [0.29, 0.717) is 5.56 Å². The van der Waals surface area contributed by atoms with Crippen LogP contribution >= 0.6 is 0 Å². The molecule has 1 aromatic carbocycles. The Kier molecular flexibility index (Phi) is 6.05. The van der Waals surface area contributed by atoms with Crippen molar-refractivity contribution >= 4 is 18.0 Å². The average Bonchev–Trinajstić information content (AvgIpc) is 3.33. The molecule has 0 atom stereocenters. The zero-order valence-electron chi connectivity index (χ0n) is 12.9. The lowest BCUT2D eigenvalue weighted by atomic mass is 10.2. The van der Waals surface area contributed by atoms with Crippen LogP contribution in [0.5, 0.6) is 11.5 Å². The molecule has 0 aliphatic heterocycles. The number of halogens is 2. The highest BCUT2D eigenvalue weighted by atomic mass is 19.3. The van der Waals surface area contributed by atoms with Gasteiger partial charge in [0.1, 0.15) is 0 Å². The van der Waals surface area contributed by atoms with Gasteiger partial charge in [-0.3, -0.25) is 9.59 Å². The van der Waals surface area contributed by atoms with E-state index in [1.165, 1.54) is 24.4 Å². The molecule has 2 rings (SSSR count). The van der Waals surface area contributed by atoms with Crippen molar-refractivity contribution in [2.24, 2.45) is 5.10 Å². The van der Waals surface area contributed by atoms with Crippen molar-refractivity contribution < 1.29 is 27.8 Å². The maximum atomic E-state index is 12.3. The van der Waals surface area contributed by atoms with Crippen LogP contribution in [0.1, 0.15) is 25.3 Å². The first-order chi connectivity index (χ1) is 11.5. The molecule has 1 fully saturated rings. The molecule has 1 aromatic rings. The van der Waals surface area contributed by atoms with E-state index in [4.69, 9.17) is 4.74 Å². The third-order valence-electron chi connectivity index (χ3n) is 2.98. The van der Waals surface area contributed by atoms with E-state index in [2.05, 4.69) is 20.6 Å². The topological polar surface area (TPSA) is 89.0 Å². The number of nitrogens with zero attached hydrogens (tertiary/aromatic N) is 1. The Morgan fingerprint density at radius 3 is 2.71 bits per heavy atom. The minimum Gasteiger partial charge on any atom is -0.490 e. The molecule has 24 heavy (non-hydrogen) atoms. The first kappa shape index (κ1) is 17.6. The summed E-state index contributed by atoms with van der Waals surface area (Å²) in [5.41, 5.74) is 2.56. The highest BCUT2D eigenvalue weighted by Crippen LogP contribution is 2.29. The minimum absolute atomic E-state index is 0.0726. The summed E-state index contributed by atoms with van der Waals surface area (Å²) in [7, 11) is 0. The monoisotopic (exact) mass is 341 g/mol. The predicted octanol–water partition coefficient (Wildman–Crippen LogP) is 1.42. The molecule has 1 aliphatic rings. The van der Waals surface area contributed by atoms with Crippen molar-refractivity contribution in [2.75, 3.05) is 6.61 Å². The summed E-state index contributed by atoms with van der Waals surface area (Å²) in [5.74, 6) is -1.59. The molecule has 0 spiro atoms. The van der Waals surface area contributed by atoms with Gasteiger partial charge >= 0.3 is 18.4 Å². The molecule has 0 unspecified atom stereocenters. The normalized spacial score (nSPS) is 13.8. The zero-order chi connectivity index (χ0) is 17.5. The minimum atomic E-state index is -2.96. The second-order valence-electron chi connectivity index (χ2n) is 4.96. The summed E-state index contributed by atoms with van der Waals surface area (Å²) < 4.78 is 34.2. The second kappa shape index (κ2) is 8.23. The molecular weight excluding hydrogens is 324 g/mol. The second-order valence-corrected chi connectivity index (χ2v) is 4.96. The first-order valence-corrected chi connectivity index (χ1v) is 7.35. The van der Waals surface area contributed by atoms with Crippen molar-refractivity contribution in [1.82, 2.24) is 10.7 Å². The first-order valence-electron chi connectivity index (χ1n) is 7.35. The maximum Gasteiger partial charge on any atom is 0.387 e. The Balaban J connectivity index is 1.96. The van der Waals surface area contributed by atoms with Gasteiger partial charge < -0.3 is 14.8 Å². The summed E-state index contributed by atoms with van der Waals surface area (Å²) in [4.78, 5) is 22.9. The molecule has 7 nitrogen and oxygen atoms in total. The van der Waals surface area contributed by atoms with Crippen molar-refractivity contribution in [1.29, 1.82) is 0 Å². The largest absolute Gasteiger partial charge is 0.490 e. The number of amides is 2. The number of alkyl halides is 2. The molecule has 0 heterocycles. The molecule has 0 saturated heterocycles. The van der Waals surface area contributed by atoms with E-state index in [1.807, 2.05) is 0 Å². The van der Waals surface area contributed by atoms with E-state index in [1.54, 1.807) is 6.92 Å². The predicted molar refractivity (Wildman–Crippen MR) is 81.1 cm³/mol. The highest BCUT2D eigenvalue weighted by molar-refractivity contribution is 6.35. The third kappa shape index (κ3) is 5.49. The number of hydrogen-bond donors (Lipinski definition) is 2. The molecule has 0 radical (unpaired) electrons. The van der Waals surface area contributed by atoms with E-state index in [0.717, 1.165) is 12.8 Å². The fraction of sp³-hybridized carbons (Fsp3) is 0.400. The Morgan fingerprint density at radius 2 is 2.08 bits per heavy atom. The summed E-state index contributed by atoms with van der Waals surface area (Å²) in [6, 6.07) is 4.27. The van der Waals surface area contributed by atoms with Gasteiger partial charge in [-0.25, -0.2) is 5.43 Å². The van der Waals surface area contributed by atoms with Gasteiger partial charge in [0.25, 0.3) is 0 Å². The van der Waals surface area contributed by atoms with Gasteiger partial charge in [0.05, 0.1) is 12.8 Å². The van der Waals surface area contributed by atoms with Gasteiger partial charge in [0.15, 0.2) is 11.5 Å². The smallest absolute Gasteiger partial charge is 0.387 e. The molecule has 130 valence electrons. The number of hydrogen-bond acceptors (Lipinski definition) is 5. The Hall–Kier alpha value is -2.71. The van der Waals surface area contributed by atoms with Crippen LogP contribution in [0.15, 0.2) is 23.3 Å². The lowest BCUT2D eigenvalue weighted by molar-refractivity contribution is -0.139. The highest BCUT2D eigenvalue weighted by Gasteiger charge is 2.26. The van der Waals surface area contributed by atoms with Crippen LogP contribution in [0.25, 0.3) is 0 Å². The number of nitrogens with one attached hydrogen (secondary N) is 2. The Bertz CT molecular complexity index is 633. The van der Waals surface area contributed by atoms with Gasteiger partial charge in [0, 0.05) is 6.04 Å². The fourth-order valence-corrected chi connectivity index (χ4v) is 1.76. The van der Waals surface area contributed by atoms with Gasteiger partial charge in [-0.05, 0) is 43.5 Å². The zero-order valence-corrected chi connectivity index (χ0v) is 12.9. The van der Waals surface area contributed by atoms with Crippen molar-refractivity contribution in [3.63, 3.8) is 0 Å². The van der Waals surface area contributed by atoms with E-state index in [9.17, 15) is 18.4 Å². The van der Waals surface area contributed by atoms with Crippen molar-refractivity contribution in [2.45, 2.75) is 32.4 Å². The number of rotatable bonds is 7. The van der Waals surface area contributed by atoms with Crippen LogP contribution < -0.4 is 20.2 Å². The van der Waals surface area contributed by atoms with Gasteiger partial charge in [-0.15, -0.1) is 0 Å². The molecule has 1 saturated carbocycles.